The van der Waals surface area contributed by atoms with Crippen molar-refractivity contribution < 1.29 is 25.2 Å². The Balaban J connectivity index is 1.67. The quantitative estimate of drug-likeness (QED) is 0.468. The number of ether oxygens (including phenoxy) is 1. The van der Waals surface area contributed by atoms with Crippen LogP contribution in [0.2, 0.25) is 0 Å². The van der Waals surface area contributed by atoms with Gasteiger partial charge in [-0.05, 0) is 96.3 Å². The van der Waals surface area contributed by atoms with E-state index in [1.165, 1.54) is 31.3 Å². The molecule has 5 nitrogen and oxygen atoms in total. The fourth-order valence-corrected chi connectivity index (χ4v) is 6.81. The third kappa shape index (κ3) is 5.85. The van der Waals surface area contributed by atoms with Crippen LogP contribution in [0.1, 0.15) is 86.0 Å². The Morgan fingerprint density at radius 3 is 2.38 bits per heavy atom. The summed E-state index contributed by atoms with van der Waals surface area (Å²) >= 11 is 0. The Hall–Kier alpha value is -0.720. The Bertz CT molecular complexity index is 677. The number of hydrogen-bond acceptors (Lipinski definition) is 5. The Morgan fingerprint density at radius 1 is 1.12 bits per heavy atom. The van der Waals surface area contributed by atoms with E-state index in [2.05, 4.69) is 26.0 Å². The average molecular weight is 451 g/mol. The van der Waals surface area contributed by atoms with Crippen molar-refractivity contribution in [2.24, 2.45) is 23.2 Å². The van der Waals surface area contributed by atoms with E-state index in [-0.39, 0.29) is 11.5 Å². The topological polar surface area (TPSA) is 90.2 Å². The molecule has 184 valence electrons. The predicted molar refractivity (Wildman–Crippen MR) is 127 cm³/mol. The van der Waals surface area contributed by atoms with Crippen LogP contribution in [0.4, 0.5) is 0 Å². The van der Waals surface area contributed by atoms with Crippen LogP contribution in [-0.4, -0.2) is 57.0 Å². The van der Waals surface area contributed by atoms with Crippen molar-refractivity contribution in [1.29, 1.82) is 0 Å². The lowest BCUT2D eigenvalue weighted by Crippen LogP contribution is -2.43. The number of aliphatic hydroxyl groups is 4. The molecule has 0 aromatic rings. The van der Waals surface area contributed by atoms with Crippen molar-refractivity contribution in [3.8, 4) is 0 Å². The molecule has 0 heterocycles. The van der Waals surface area contributed by atoms with Gasteiger partial charge in [0.15, 0.2) is 0 Å². The summed E-state index contributed by atoms with van der Waals surface area (Å²) < 4.78 is 6.19. The highest BCUT2D eigenvalue weighted by atomic mass is 16.5. The van der Waals surface area contributed by atoms with Gasteiger partial charge in [0.2, 0.25) is 0 Å². The smallest absolute Gasteiger partial charge is 0.0655 e. The van der Waals surface area contributed by atoms with Crippen LogP contribution < -0.4 is 0 Å². The SMILES string of the molecule is C[C@H](O)C1[C@H](O)CC(=C/C=C2\CCCC3(C)C2CCC3[C@@H](C)OCCC(C)(C)O)C[C@H]1O. The van der Waals surface area contributed by atoms with Crippen molar-refractivity contribution >= 4 is 0 Å². The lowest BCUT2D eigenvalue weighted by atomic mass is 9.62. The average Bonchev–Trinajstić information content (AvgIpc) is 3.02. The second kappa shape index (κ2) is 10.3. The van der Waals surface area contributed by atoms with Crippen LogP contribution >= 0.6 is 0 Å². The fourth-order valence-electron chi connectivity index (χ4n) is 6.81. The van der Waals surface area contributed by atoms with E-state index in [0.29, 0.717) is 37.7 Å². The van der Waals surface area contributed by atoms with Crippen LogP contribution in [0.25, 0.3) is 0 Å². The first kappa shape index (κ1) is 25.9. The van der Waals surface area contributed by atoms with Crippen molar-refractivity contribution in [3.05, 3.63) is 23.3 Å². The fraction of sp³-hybridized carbons (Fsp3) is 0.852. The molecule has 0 spiro atoms. The summed E-state index contributed by atoms with van der Waals surface area (Å²) in [5.74, 6) is 0.615. The van der Waals surface area contributed by atoms with Gasteiger partial charge < -0.3 is 25.2 Å². The van der Waals surface area contributed by atoms with E-state index in [1.54, 1.807) is 6.92 Å². The van der Waals surface area contributed by atoms with Gasteiger partial charge in [-0.3, -0.25) is 0 Å². The van der Waals surface area contributed by atoms with E-state index in [4.69, 9.17) is 4.74 Å². The summed E-state index contributed by atoms with van der Waals surface area (Å²) in [6, 6.07) is 0. The molecule has 0 radical (unpaired) electrons. The van der Waals surface area contributed by atoms with Gasteiger partial charge in [-0.25, -0.2) is 0 Å². The van der Waals surface area contributed by atoms with Gasteiger partial charge in [-0.1, -0.05) is 30.2 Å². The summed E-state index contributed by atoms with van der Waals surface area (Å²) in [4.78, 5) is 0. The summed E-state index contributed by atoms with van der Waals surface area (Å²) in [5.41, 5.74) is 2.12. The van der Waals surface area contributed by atoms with Gasteiger partial charge in [0, 0.05) is 12.5 Å². The molecule has 0 aromatic carbocycles. The lowest BCUT2D eigenvalue weighted by molar-refractivity contribution is -0.0627. The molecule has 3 unspecified atom stereocenters. The number of hydrogen-bond donors (Lipinski definition) is 4. The normalized spacial score (nSPS) is 39.1. The van der Waals surface area contributed by atoms with Crippen molar-refractivity contribution in [2.75, 3.05) is 6.61 Å². The maximum absolute atomic E-state index is 10.4. The monoisotopic (exact) mass is 450 g/mol. The lowest BCUT2D eigenvalue weighted by Gasteiger charge is -2.44. The summed E-state index contributed by atoms with van der Waals surface area (Å²) in [5, 5.41) is 40.7. The highest BCUT2D eigenvalue weighted by Gasteiger charge is 2.51. The maximum atomic E-state index is 10.4. The van der Waals surface area contributed by atoms with Crippen LogP contribution in [0, 0.1) is 23.2 Å². The summed E-state index contributed by atoms with van der Waals surface area (Å²) in [6.45, 7) is 10.5. The Labute approximate surface area is 194 Å². The first-order valence-corrected chi connectivity index (χ1v) is 12.7. The summed E-state index contributed by atoms with van der Waals surface area (Å²) in [7, 11) is 0. The number of allylic oxidation sites excluding steroid dienone is 3. The zero-order valence-electron chi connectivity index (χ0n) is 20.8. The standard InChI is InChI=1S/C27H46O5/c1-17(28)25-23(29)15-19(16-24(25)30)8-9-20-7-6-12-27(5)21(10-11-22(20)27)18(2)32-14-13-26(3,4)31/h8-9,17-18,21-25,28-31H,6-7,10-16H2,1-5H3/b19-8?,20-9+/t17-,18+,21?,22?,23+,24+,25?,27?/m0/s1. The Morgan fingerprint density at radius 2 is 1.78 bits per heavy atom. The molecule has 3 rings (SSSR count). The minimum absolute atomic E-state index is 0.186. The number of aliphatic hydroxyl groups excluding tert-OH is 3. The zero-order chi connectivity index (χ0) is 23.7. The van der Waals surface area contributed by atoms with Crippen molar-refractivity contribution in [3.63, 3.8) is 0 Å². The van der Waals surface area contributed by atoms with Gasteiger partial charge in [0.25, 0.3) is 0 Å². The van der Waals surface area contributed by atoms with Gasteiger partial charge in [-0.2, -0.15) is 0 Å². The molecule has 4 N–H and O–H groups in total. The Kier molecular flexibility index (Phi) is 8.31. The molecule has 3 fully saturated rings. The van der Waals surface area contributed by atoms with Crippen molar-refractivity contribution in [1.82, 2.24) is 0 Å². The molecule has 7 atom stereocenters. The minimum Gasteiger partial charge on any atom is -0.393 e. The highest BCUT2D eigenvalue weighted by molar-refractivity contribution is 5.26. The highest BCUT2D eigenvalue weighted by Crippen LogP contribution is 2.58. The van der Waals surface area contributed by atoms with E-state index >= 15 is 0 Å². The summed E-state index contributed by atoms with van der Waals surface area (Å²) in [6.07, 6.45) is 10.1. The third-order valence-corrected chi connectivity index (χ3v) is 8.62. The molecule has 3 aliphatic carbocycles. The third-order valence-electron chi connectivity index (χ3n) is 8.62. The number of rotatable bonds is 7. The van der Waals surface area contributed by atoms with Crippen LogP contribution in [-0.2, 0) is 4.74 Å². The molecule has 0 amide bonds. The van der Waals surface area contributed by atoms with E-state index in [0.717, 1.165) is 12.0 Å². The van der Waals surface area contributed by atoms with Gasteiger partial charge in [0.05, 0.1) is 30.0 Å². The van der Waals surface area contributed by atoms with Crippen LogP contribution in [0.15, 0.2) is 23.3 Å². The van der Waals surface area contributed by atoms with Gasteiger partial charge in [0.1, 0.15) is 0 Å². The first-order chi connectivity index (χ1) is 14.9. The van der Waals surface area contributed by atoms with Crippen LogP contribution in [0.5, 0.6) is 0 Å². The molecule has 3 saturated carbocycles. The molecule has 0 bridgehead atoms. The molecule has 3 aliphatic rings. The van der Waals surface area contributed by atoms with Gasteiger partial charge in [-0.15, -0.1) is 0 Å². The maximum Gasteiger partial charge on any atom is 0.0655 e. The van der Waals surface area contributed by atoms with Crippen LogP contribution in [0.3, 0.4) is 0 Å². The molecule has 0 saturated heterocycles. The second-order valence-corrected chi connectivity index (χ2v) is 11.7. The molecule has 0 aromatic heterocycles. The van der Waals surface area contributed by atoms with E-state index in [1.807, 2.05) is 13.8 Å². The van der Waals surface area contributed by atoms with Crippen molar-refractivity contribution in [2.45, 2.75) is 116 Å². The molecule has 5 heteroatoms. The van der Waals surface area contributed by atoms with E-state index < -0.39 is 29.8 Å². The molecule has 0 aliphatic heterocycles. The largest absolute Gasteiger partial charge is 0.393 e. The van der Waals surface area contributed by atoms with E-state index in [9.17, 15) is 20.4 Å². The minimum atomic E-state index is -0.706. The zero-order valence-corrected chi connectivity index (χ0v) is 20.8. The first-order valence-electron chi connectivity index (χ1n) is 12.7. The molecule has 32 heavy (non-hydrogen) atoms. The second-order valence-electron chi connectivity index (χ2n) is 11.7. The molecular weight excluding hydrogens is 404 g/mol. The predicted octanol–water partition coefficient (Wildman–Crippen LogP) is 4.13. The molecular formula is C27H46O5. The number of fused-ring (bicyclic) bond motifs is 1. The van der Waals surface area contributed by atoms with Gasteiger partial charge >= 0.3 is 0 Å².